The molecule has 0 spiro atoms. The third-order valence-electron chi connectivity index (χ3n) is 3.52. The van der Waals surface area contributed by atoms with Gasteiger partial charge in [0.2, 0.25) is 0 Å². The average Bonchev–Trinajstić information content (AvgIpc) is 2.69. The first kappa shape index (κ1) is 15.4. The molecule has 1 aliphatic heterocycles. The Balaban J connectivity index is 2.45. The van der Waals surface area contributed by atoms with Gasteiger partial charge in [0.25, 0.3) is 0 Å². The highest BCUT2D eigenvalue weighted by Gasteiger charge is 2.19. The maximum Gasteiger partial charge on any atom is 0.192 e. The summed E-state index contributed by atoms with van der Waals surface area (Å²) in [5.74, 6) is 1.58. The number of hydrogen-bond donors (Lipinski definition) is 0. The van der Waals surface area contributed by atoms with Gasteiger partial charge in [-0.25, -0.2) is 4.99 Å². The van der Waals surface area contributed by atoms with E-state index in [1.165, 1.54) is 5.57 Å². The van der Waals surface area contributed by atoms with Crippen molar-refractivity contribution in [3.63, 3.8) is 0 Å². The number of aliphatic imine (C=N–C) groups is 1. The van der Waals surface area contributed by atoms with Gasteiger partial charge in [-0.05, 0) is 41.3 Å². The minimum atomic E-state index is 0.0798. The van der Waals surface area contributed by atoms with Crippen molar-refractivity contribution < 1.29 is 9.47 Å². The van der Waals surface area contributed by atoms with Crippen LogP contribution in [0, 0.1) is 5.41 Å². The fourth-order valence-electron chi connectivity index (χ4n) is 2.18. The Kier molecular flexibility index (Phi) is 4.51. The number of rotatable bonds is 2. The van der Waals surface area contributed by atoms with E-state index in [0.29, 0.717) is 0 Å². The van der Waals surface area contributed by atoms with E-state index in [0.717, 1.165) is 29.3 Å². The molecule has 0 fully saturated rings. The topological polar surface area (TPSA) is 30.8 Å². The van der Waals surface area contributed by atoms with E-state index in [4.69, 9.17) is 9.47 Å². The Morgan fingerprint density at radius 1 is 1.00 bits per heavy atom. The van der Waals surface area contributed by atoms with Crippen molar-refractivity contribution in [2.24, 2.45) is 10.4 Å². The highest BCUT2D eigenvalue weighted by atomic mass is 16.5. The molecule has 0 unspecified atom stereocenters. The molecular formula is C18H23NO2. The maximum absolute atomic E-state index is 5.37. The van der Waals surface area contributed by atoms with Crippen molar-refractivity contribution in [3.8, 4) is 5.75 Å². The summed E-state index contributed by atoms with van der Waals surface area (Å²) >= 11 is 0. The van der Waals surface area contributed by atoms with Gasteiger partial charge in [0.1, 0.15) is 5.75 Å². The van der Waals surface area contributed by atoms with Gasteiger partial charge in [-0.1, -0.05) is 26.8 Å². The smallest absolute Gasteiger partial charge is 0.192 e. The van der Waals surface area contributed by atoms with E-state index < -0.39 is 0 Å². The Morgan fingerprint density at radius 2 is 1.67 bits per heavy atom. The van der Waals surface area contributed by atoms with E-state index in [1.54, 1.807) is 14.2 Å². The fourth-order valence-corrected chi connectivity index (χ4v) is 2.18. The molecule has 0 saturated carbocycles. The molecule has 1 aromatic rings. The Bertz CT molecular complexity index is 587. The minimum absolute atomic E-state index is 0.0798. The Morgan fingerprint density at radius 3 is 2.19 bits per heavy atom. The van der Waals surface area contributed by atoms with Gasteiger partial charge >= 0.3 is 0 Å². The van der Waals surface area contributed by atoms with E-state index in [2.05, 4.69) is 37.9 Å². The fraction of sp³-hybridized carbons (Fsp3) is 0.389. The second-order valence-corrected chi connectivity index (χ2v) is 6.08. The third kappa shape index (κ3) is 3.75. The Labute approximate surface area is 127 Å². The molecule has 0 amide bonds. The van der Waals surface area contributed by atoms with Gasteiger partial charge < -0.3 is 9.47 Å². The third-order valence-corrected chi connectivity index (χ3v) is 3.52. The molecule has 0 aliphatic carbocycles. The second kappa shape index (κ2) is 6.17. The van der Waals surface area contributed by atoms with Crippen LogP contribution in [0.5, 0.6) is 5.75 Å². The van der Waals surface area contributed by atoms with Crippen molar-refractivity contribution in [2.75, 3.05) is 14.2 Å². The van der Waals surface area contributed by atoms with Gasteiger partial charge in [0.15, 0.2) is 5.90 Å². The van der Waals surface area contributed by atoms with E-state index in [9.17, 15) is 0 Å². The zero-order valence-electron chi connectivity index (χ0n) is 13.4. The van der Waals surface area contributed by atoms with E-state index in [-0.39, 0.29) is 5.41 Å². The van der Waals surface area contributed by atoms with Crippen LogP contribution in [0.15, 0.2) is 47.0 Å². The molecule has 0 aromatic heterocycles. The zero-order valence-corrected chi connectivity index (χ0v) is 13.4. The number of allylic oxidation sites excluding steroid dienone is 2. The van der Waals surface area contributed by atoms with Crippen molar-refractivity contribution in [1.29, 1.82) is 0 Å². The molecule has 1 heterocycles. The van der Waals surface area contributed by atoms with Crippen LogP contribution >= 0.6 is 0 Å². The molecule has 112 valence electrons. The number of ether oxygens (including phenoxy) is 2. The molecule has 3 nitrogen and oxygen atoms in total. The summed E-state index contributed by atoms with van der Waals surface area (Å²) < 4.78 is 10.6. The molecule has 0 saturated heterocycles. The van der Waals surface area contributed by atoms with Crippen molar-refractivity contribution in [2.45, 2.75) is 27.2 Å². The predicted molar refractivity (Wildman–Crippen MR) is 87.6 cm³/mol. The first-order valence-corrected chi connectivity index (χ1v) is 7.12. The predicted octanol–water partition coefficient (Wildman–Crippen LogP) is 4.46. The monoisotopic (exact) mass is 285 g/mol. The lowest BCUT2D eigenvalue weighted by molar-refractivity contribution is 0.395. The van der Waals surface area contributed by atoms with Crippen molar-refractivity contribution >= 4 is 11.6 Å². The summed E-state index contributed by atoms with van der Waals surface area (Å²) in [6.45, 7) is 6.62. The summed E-state index contributed by atoms with van der Waals surface area (Å²) in [6.07, 6.45) is 5.06. The van der Waals surface area contributed by atoms with Crippen LogP contribution < -0.4 is 4.74 Å². The maximum atomic E-state index is 5.37. The van der Waals surface area contributed by atoms with Crippen molar-refractivity contribution in [3.05, 3.63) is 47.6 Å². The molecule has 0 N–H and O–H groups in total. The lowest BCUT2D eigenvalue weighted by atomic mass is 9.85. The highest BCUT2D eigenvalue weighted by Crippen LogP contribution is 2.32. The van der Waals surface area contributed by atoms with Crippen molar-refractivity contribution in [1.82, 2.24) is 0 Å². The van der Waals surface area contributed by atoms with Gasteiger partial charge in [0.05, 0.1) is 19.9 Å². The van der Waals surface area contributed by atoms with E-state index >= 15 is 0 Å². The SMILES string of the molecule is COC1=NC(c2ccc(OC)cc2)=CC(C(C)(C)C)=CC1. The minimum Gasteiger partial charge on any atom is -0.497 e. The zero-order chi connectivity index (χ0) is 15.5. The van der Waals surface area contributed by atoms with Crippen LogP contribution in [-0.2, 0) is 4.74 Å². The molecule has 0 bridgehead atoms. The molecule has 3 heteroatoms. The van der Waals surface area contributed by atoms with Crippen LogP contribution in [0.3, 0.4) is 0 Å². The molecule has 21 heavy (non-hydrogen) atoms. The summed E-state index contributed by atoms with van der Waals surface area (Å²) in [5, 5.41) is 0. The van der Waals surface area contributed by atoms with Crippen LogP contribution in [0.1, 0.15) is 32.8 Å². The highest BCUT2D eigenvalue weighted by molar-refractivity contribution is 5.87. The summed E-state index contributed by atoms with van der Waals surface area (Å²) in [6, 6.07) is 7.94. The van der Waals surface area contributed by atoms with Gasteiger partial charge in [-0.2, -0.15) is 0 Å². The number of hydrogen-bond acceptors (Lipinski definition) is 3. The normalized spacial score (nSPS) is 15.6. The summed E-state index contributed by atoms with van der Waals surface area (Å²) in [7, 11) is 3.34. The standard InChI is InChI=1S/C18H23NO2/c1-18(2,3)14-8-11-17(21-5)19-16(12-14)13-6-9-15(20-4)10-7-13/h6-10,12H,11H2,1-5H3. The first-order chi connectivity index (χ1) is 9.94. The largest absolute Gasteiger partial charge is 0.497 e. The van der Waals surface area contributed by atoms with Crippen LogP contribution in [0.2, 0.25) is 0 Å². The molecule has 0 radical (unpaired) electrons. The Hall–Kier alpha value is -2.03. The van der Waals surface area contributed by atoms with Gasteiger partial charge in [-0.3, -0.25) is 0 Å². The van der Waals surface area contributed by atoms with E-state index in [1.807, 2.05) is 24.3 Å². The lowest BCUT2D eigenvalue weighted by Gasteiger charge is -2.20. The molecular weight excluding hydrogens is 262 g/mol. The number of methoxy groups -OCH3 is 2. The average molecular weight is 285 g/mol. The van der Waals surface area contributed by atoms with Gasteiger partial charge in [-0.15, -0.1) is 0 Å². The quantitative estimate of drug-likeness (QED) is 0.803. The second-order valence-electron chi connectivity index (χ2n) is 6.08. The first-order valence-electron chi connectivity index (χ1n) is 7.12. The molecule has 0 atom stereocenters. The van der Waals surface area contributed by atoms with Crippen LogP contribution in [0.4, 0.5) is 0 Å². The summed E-state index contributed by atoms with van der Waals surface area (Å²) in [4.78, 5) is 4.65. The van der Waals surface area contributed by atoms with Gasteiger partial charge in [0, 0.05) is 12.0 Å². The molecule has 1 aliphatic rings. The summed E-state index contributed by atoms with van der Waals surface area (Å²) in [5.41, 5.74) is 3.33. The molecule has 1 aromatic carbocycles. The number of nitrogens with zero attached hydrogens (tertiary/aromatic N) is 1. The van der Waals surface area contributed by atoms with Crippen LogP contribution in [-0.4, -0.2) is 20.1 Å². The van der Waals surface area contributed by atoms with Crippen LogP contribution in [0.25, 0.3) is 5.70 Å². The lowest BCUT2D eigenvalue weighted by Crippen LogP contribution is -2.08. The molecule has 2 rings (SSSR count). The number of benzene rings is 1.